The summed E-state index contributed by atoms with van der Waals surface area (Å²) in [7, 11) is 0. The maximum absolute atomic E-state index is 13.3. The van der Waals surface area contributed by atoms with Crippen molar-refractivity contribution in [3.63, 3.8) is 0 Å². The number of carbonyl (C=O) groups is 1. The van der Waals surface area contributed by atoms with Crippen molar-refractivity contribution in [3.8, 4) is 11.8 Å². The second-order valence-electron chi connectivity index (χ2n) is 7.39. The molecule has 0 bridgehead atoms. The number of nitriles is 1. The molecule has 9 heteroatoms. The number of thioether (sulfide) groups is 1. The van der Waals surface area contributed by atoms with Crippen LogP contribution in [-0.4, -0.2) is 26.3 Å². The van der Waals surface area contributed by atoms with E-state index in [-0.39, 0.29) is 23.0 Å². The molecule has 0 saturated carbocycles. The first-order valence-corrected chi connectivity index (χ1v) is 11.9. The number of para-hydroxylation sites is 2. The van der Waals surface area contributed by atoms with E-state index in [4.69, 9.17) is 11.6 Å². The third kappa shape index (κ3) is 5.38. The van der Waals surface area contributed by atoms with Gasteiger partial charge in [-0.2, -0.15) is 5.26 Å². The minimum absolute atomic E-state index is 0.156. The molecule has 174 valence electrons. The molecule has 2 N–H and O–H groups in total. The summed E-state index contributed by atoms with van der Waals surface area (Å²) in [6, 6.07) is 24.7. The number of aliphatic hydroxyl groups is 1. The second kappa shape index (κ2) is 10.9. The molecule has 3 aromatic carbocycles. The van der Waals surface area contributed by atoms with E-state index in [9.17, 15) is 20.0 Å². The summed E-state index contributed by atoms with van der Waals surface area (Å²) in [6.45, 7) is 0.212. The maximum atomic E-state index is 13.3. The molecule has 0 saturated heterocycles. The topological polar surface area (TPSA) is 108 Å². The Bertz CT molecular complexity index is 1530. The van der Waals surface area contributed by atoms with Crippen molar-refractivity contribution < 1.29 is 9.90 Å². The molecule has 1 amide bonds. The van der Waals surface area contributed by atoms with Crippen molar-refractivity contribution >= 4 is 40.2 Å². The van der Waals surface area contributed by atoms with Crippen molar-refractivity contribution in [1.82, 2.24) is 14.9 Å². The number of nitrogens with one attached hydrogen (secondary N) is 1. The molecular weight excluding hydrogens is 484 g/mol. The number of aromatic nitrogens is 2. The Morgan fingerprint density at radius 3 is 2.49 bits per heavy atom. The fourth-order valence-corrected chi connectivity index (χ4v) is 4.48. The number of hydrogen-bond donors (Lipinski definition) is 2. The standard InChI is InChI=1S/C26H19ClN4O3S/c27-20-11-5-7-13-22(20)31-25(34)18-10-4-6-12-21(18)30-26(31)35-16-23(32)19(14-28)24(33)29-15-17-8-2-1-3-9-17/h1-13,32H,15-16H2,(H,29,33)/b23-19-. The fraction of sp³-hybridized carbons (Fsp3) is 0.0769. The maximum Gasteiger partial charge on any atom is 0.266 e. The van der Waals surface area contributed by atoms with Crippen LogP contribution in [-0.2, 0) is 11.3 Å². The highest BCUT2D eigenvalue weighted by molar-refractivity contribution is 7.99. The highest BCUT2D eigenvalue weighted by atomic mass is 35.5. The normalized spacial score (nSPS) is 11.5. The Morgan fingerprint density at radius 1 is 1.06 bits per heavy atom. The molecule has 0 aliphatic rings. The second-order valence-corrected chi connectivity index (χ2v) is 8.74. The highest BCUT2D eigenvalue weighted by Gasteiger charge is 2.19. The quantitative estimate of drug-likeness (QED) is 0.124. The molecule has 0 spiro atoms. The summed E-state index contributed by atoms with van der Waals surface area (Å²) >= 11 is 7.38. The monoisotopic (exact) mass is 502 g/mol. The Kier molecular flexibility index (Phi) is 7.51. The number of hydrogen-bond acceptors (Lipinski definition) is 6. The number of halogens is 1. The number of aliphatic hydroxyl groups excluding tert-OH is 1. The number of carbonyl (C=O) groups excluding carboxylic acids is 1. The lowest BCUT2D eigenvalue weighted by Crippen LogP contribution is -2.25. The first kappa shape index (κ1) is 24.1. The number of rotatable bonds is 7. The van der Waals surface area contributed by atoms with Gasteiger partial charge in [0.05, 0.1) is 27.4 Å². The molecule has 0 radical (unpaired) electrons. The number of nitrogens with zero attached hydrogens (tertiary/aromatic N) is 3. The molecule has 4 rings (SSSR count). The molecule has 4 aromatic rings. The van der Waals surface area contributed by atoms with Gasteiger partial charge in [-0.1, -0.05) is 78.0 Å². The zero-order valence-corrected chi connectivity index (χ0v) is 19.9. The zero-order chi connectivity index (χ0) is 24.8. The van der Waals surface area contributed by atoms with Gasteiger partial charge >= 0.3 is 0 Å². The van der Waals surface area contributed by atoms with Crippen LogP contribution >= 0.6 is 23.4 Å². The Hall–Kier alpha value is -4.06. The SMILES string of the molecule is N#C/C(C(=O)NCc1ccccc1)=C(/O)CSc1nc2ccccc2c(=O)n1-c1ccccc1Cl. The van der Waals surface area contributed by atoms with Crippen LogP contribution in [0.15, 0.2) is 100 Å². The van der Waals surface area contributed by atoms with Gasteiger partial charge < -0.3 is 10.4 Å². The third-order valence-corrected chi connectivity index (χ3v) is 6.37. The van der Waals surface area contributed by atoms with Gasteiger partial charge in [-0.05, 0) is 29.8 Å². The van der Waals surface area contributed by atoms with Crippen LogP contribution in [0.3, 0.4) is 0 Å². The predicted octanol–water partition coefficient (Wildman–Crippen LogP) is 4.78. The van der Waals surface area contributed by atoms with Crippen molar-refractivity contribution in [2.75, 3.05) is 5.75 Å². The molecule has 1 heterocycles. The van der Waals surface area contributed by atoms with Crippen LogP contribution in [0.2, 0.25) is 5.02 Å². The lowest BCUT2D eigenvalue weighted by molar-refractivity contribution is -0.117. The van der Waals surface area contributed by atoms with Gasteiger partial charge in [0.2, 0.25) is 0 Å². The number of benzene rings is 3. The van der Waals surface area contributed by atoms with Crippen LogP contribution in [0, 0.1) is 11.3 Å². The Balaban J connectivity index is 1.64. The van der Waals surface area contributed by atoms with Crippen molar-refractivity contribution in [2.24, 2.45) is 0 Å². The Morgan fingerprint density at radius 2 is 1.74 bits per heavy atom. The van der Waals surface area contributed by atoms with Crippen molar-refractivity contribution in [1.29, 1.82) is 5.26 Å². The van der Waals surface area contributed by atoms with Crippen molar-refractivity contribution in [2.45, 2.75) is 11.7 Å². The summed E-state index contributed by atoms with van der Waals surface area (Å²) < 4.78 is 1.37. The molecule has 0 aliphatic carbocycles. The fourth-order valence-electron chi connectivity index (χ4n) is 3.37. The van der Waals surface area contributed by atoms with Crippen LogP contribution in [0.25, 0.3) is 16.6 Å². The largest absolute Gasteiger partial charge is 0.510 e. The van der Waals surface area contributed by atoms with E-state index < -0.39 is 17.2 Å². The lowest BCUT2D eigenvalue weighted by atomic mass is 10.2. The van der Waals surface area contributed by atoms with E-state index in [0.29, 0.717) is 21.6 Å². The molecule has 0 atom stereocenters. The van der Waals surface area contributed by atoms with E-state index in [1.165, 1.54) is 4.57 Å². The molecule has 1 aromatic heterocycles. The predicted molar refractivity (Wildman–Crippen MR) is 137 cm³/mol. The van der Waals surface area contributed by atoms with Crippen LogP contribution in [0.1, 0.15) is 5.56 Å². The molecular formula is C26H19ClN4O3S. The van der Waals surface area contributed by atoms with Gasteiger partial charge in [0, 0.05) is 6.54 Å². The van der Waals surface area contributed by atoms with Gasteiger partial charge in [0.25, 0.3) is 11.5 Å². The molecule has 7 nitrogen and oxygen atoms in total. The smallest absolute Gasteiger partial charge is 0.266 e. The van der Waals surface area contributed by atoms with E-state index in [2.05, 4.69) is 10.3 Å². The first-order chi connectivity index (χ1) is 17.0. The highest BCUT2D eigenvalue weighted by Crippen LogP contribution is 2.27. The van der Waals surface area contributed by atoms with E-state index in [1.54, 1.807) is 54.6 Å². The minimum Gasteiger partial charge on any atom is -0.510 e. The minimum atomic E-state index is -0.690. The van der Waals surface area contributed by atoms with E-state index in [0.717, 1.165) is 17.3 Å². The zero-order valence-electron chi connectivity index (χ0n) is 18.3. The summed E-state index contributed by atoms with van der Waals surface area (Å²) in [6.07, 6.45) is 0. The third-order valence-electron chi connectivity index (χ3n) is 5.10. The van der Waals surface area contributed by atoms with E-state index >= 15 is 0 Å². The van der Waals surface area contributed by atoms with Gasteiger partial charge in [0.15, 0.2) is 10.7 Å². The van der Waals surface area contributed by atoms with Crippen molar-refractivity contribution in [3.05, 3.63) is 111 Å². The number of fused-ring (bicyclic) bond motifs is 1. The Labute approximate surface area is 210 Å². The van der Waals surface area contributed by atoms with Crippen LogP contribution in [0.4, 0.5) is 0 Å². The van der Waals surface area contributed by atoms with Gasteiger partial charge in [-0.15, -0.1) is 0 Å². The van der Waals surface area contributed by atoms with E-state index in [1.807, 2.05) is 30.3 Å². The number of amides is 1. The van der Waals surface area contributed by atoms with Gasteiger partial charge in [0.1, 0.15) is 11.8 Å². The average molecular weight is 503 g/mol. The summed E-state index contributed by atoms with van der Waals surface area (Å²) in [5.74, 6) is -1.27. The average Bonchev–Trinajstić information content (AvgIpc) is 2.88. The van der Waals surface area contributed by atoms with Crippen LogP contribution in [0.5, 0.6) is 0 Å². The van der Waals surface area contributed by atoms with Gasteiger partial charge in [-0.3, -0.25) is 14.2 Å². The molecule has 0 unspecified atom stereocenters. The first-order valence-electron chi connectivity index (χ1n) is 10.5. The summed E-state index contributed by atoms with van der Waals surface area (Å²) in [4.78, 5) is 30.4. The molecule has 0 aliphatic heterocycles. The van der Waals surface area contributed by atoms with Crippen LogP contribution < -0.4 is 10.9 Å². The van der Waals surface area contributed by atoms with Gasteiger partial charge in [-0.25, -0.2) is 4.98 Å². The lowest BCUT2D eigenvalue weighted by Gasteiger charge is -2.14. The molecule has 0 fully saturated rings. The summed E-state index contributed by atoms with van der Waals surface area (Å²) in [5.41, 5.74) is 1.05. The molecule has 35 heavy (non-hydrogen) atoms. The summed E-state index contributed by atoms with van der Waals surface area (Å²) in [5, 5.41) is 23.7.